The fraction of sp³-hybridized carbons (Fsp3) is 0.333. The molecule has 4 nitrogen and oxygen atoms in total. The third kappa shape index (κ3) is 4.01. The smallest absolute Gasteiger partial charge is 0.254 e. The van der Waals surface area contributed by atoms with Gasteiger partial charge in [-0.1, -0.05) is 35.3 Å². The summed E-state index contributed by atoms with van der Waals surface area (Å²) in [6.07, 6.45) is 0.796. The summed E-state index contributed by atoms with van der Waals surface area (Å²) >= 11 is 12.0. The second kappa shape index (κ2) is 7.72. The average molecular weight is 421 g/mol. The van der Waals surface area contributed by atoms with E-state index in [1.807, 2.05) is 4.90 Å². The molecule has 146 valence electrons. The molecule has 0 N–H and O–H groups in total. The Morgan fingerprint density at radius 1 is 0.893 bits per heavy atom. The number of amides is 2. The minimum atomic E-state index is -0.269. The first-order valence-electron chi connectivity index (χ1n) is 9.22. The van der Waals surface area contributed by atoms with Crippen molar-refractivity contribution in [2.24, 2.45) is 5.92 Å². The summed E-state index contributed by atoms with van der Waals surface area (Å²) in [4.78, 5) is 29.0. The van der Waals surface area contributed by atoms with E-state index in [4.69, 9.17) is 23.2 Å². The number of halogens is 3. The standard InChI is InChI=1S/C21H19Cl2FN2O2/c22-15-9-14(10-16(23)11-15)20(27)25-5-7-26(8-6-25)21(28)19-12-18(19)13-1-3-17(24)4-2-13/h1-4,9-11,18-19H,5-8,12H2. The predicted octanol–water partition coefficient (Wildman–Crippen LogP) is 4.22. The number of rotatable bonds is 3. The van der Waals surface area contributed by atoms with Crippen LogP contribution in [-0.2, 0) is 4.79 Å². The zero-order valence-corrected chi connectivity index (χ0v) is 16.6. The molecule has 2 aromatic carbocycles. The van der Waals surface area contributed by atoms with Crippen LogP contribution in [-0.4, -0.2) is 47.8 Å². The number of piperazine rings is 1. The Morgan fingerprint density at radius 3 is 2.07 bits per heavy atom. The van der Waals surface area contributed by atoms with Crippen LogP contribution in [0.4, 0.5) is 4.39 Å². The number of carbonyl (C=O) groups excluding carboxylic acids is 2. The third-order valence-corrected chi connectivity index (χ3v) is 5.83. The maximum atomic E-state index is 13.1. The molecular weight excluding hydrogens is 402 g/mol. The van der Waals surface area contributed by atoms with Crippen molar-refractivity contribution >= 4 is 35.0 Å². The summed E-state index contributed by atoms with van der Waals surface area (Å²) in [6, 6.07) is 11.2. The lowest BCUT2D eigenvalue weighted by Crippen LogP contribution is -2.51. The number of carbonyl (C=O) groups is 2. The average Bonchev–Trinajstić information content (AvgIpc) is 3.47. The van der Waals surface area contributed by atoms with Crippen molar-refractivity contribution in [3.63, 3.8) is 0 Å². The van der Waals surface area contributed by atoms with Crippen LogP contribution < -0.4 is 0 Å². The van der Waals surface area contributed by atoms with Gasteiger partial charge in [0.2, 0.25) is 5.91 Å². The minimum Gasteiger partial charge on any atom is -0.339 e. The van der Waals surface area contributed by atoms with E-state index in [-0.39, 0.29) is 29.5 Å². The third-order valence-electron chi connectivity index (χ3n) is 5.39. The highest BCUT2D eigenvalue weighted by atomic mass is 35.5. The number of hydrogen-bond donors (Lipinski definition) is 0. The van der Waals surface area contributed by atoms with Gasteiger partial charge in [-0.3, -0.25) is 9.59 Å². The Bertz CT molecular complexity index is 891. The van der Waals surface area contributed by atoms with Crippen molar-refractivity contribution < 1.29 is 14.0 Å². The molecule has 1 aliphatic carbocycles. The van der Waals surface area contributed by atoms with Crippen LogP contribution in [0.15, 0.2) is 42.5 Å². The summed E-state index contributed by atoms with van der Waals surface area (Å²) in [5, 5.41) is 0.843. The molecule has 2 aliphatic rings. The Labute approximate surface area is 172 Å². The largest absolute Gasteiger partial charge is 0.339 e. The highest BCUT2D eigenvalue weighted by Gasteiger charge is 2.46. The maximum absolute atomic E-state index is 13.1. The molecule has 1 saturated carbocycles. The predicted molar refractivity (Wildman–Crippen MR) is 106 cm³/mol. The van der Waals surface area contributed by atoms with Gasteiger partial charge in [0.05, 0.1) is 0 Å². The molecule has 2 fully saturated rings. The normalized spacial score (nSPS) is 21.5. The molecule has 4 rings (SSSR count). The topological polar surface area (TPSA) is 40.6 Å². The van der Waals surface area contributed by atoms with Gasteiger partial charge in [0, 0.05) is 47.7 Å². The Hall–Kier alpha value is -2.11. The van der Waals surface area contributed by atoms with Crippen LogP contribution in [0.5, 0.6) is 0 Å². The summed E-state index contributed by atoms with van der Waals surface area (Å²) in [7, 11) is 0. The van der Waals surface area contributed by atoms with E-state index in [1.54, 1.807) is 35.2 Å². The van der Waals surface area contributed by atoms with Crippen molar-refractivity contribution in [1.82, 2.24) is 9.80 Å². The quantitative estimate of drug-likeness (QED) is 0.745. The van der Waals surface area contributed by atoms with Crippen molar-refractivity contribution in [1.29, 1.82) is 0 Å². The van der Waals surface area contributed by atoms with Crippen molar-refractivity contribution in [3.05, 3.63) is 69.5 Å². The van der Waals surface area contributed by atoms with Gasteiger partial charge in [-0.15, -0.1) is 0 Å². The van der Waals surface area contributed by atoms with Gasteiger partial charge in [-0.25, -0.2) is 4.39 Å². The van der Waals surface area contributed by atoms with Crippen LogP contribution >= 0.6 is 23.2 Å². The molecule has 1 heterocycles. The molecule has 2 atom stereocenters. The van der Waals surface area contributed by atoms with Crippen LogP contribution in [0.1, 0.15) is 28.3 Å². The lowest BCUT2D eigenvalue weighted by molar-refractivity contribution is -0.134. The summed E-state index contributed by atoms with van der Waals surface area (Å²) < 4.78 is 13.1. The van der Waals surface area contributed by atoms with E-state index in [9.17, 15) is 14.0 Å². The van der Waals surface area contributed by atoms with E-state index in [0.717, 1.165) is 12.0 Å². The molecule has 28 heavy (non-hydrogen) atoms. The van der Waals surface area contributed by atoms with Crippen LogP contribution in [0.3, 0.4) is 0 Å². The Balaban J connectivity index is 1.33. The van der Waals surface area contributed by atoms with Gasteiger partial charge in [-0.2, -0.15) is 0 Å². The van der Waals surface area contributed by atoms with Gasteiger partial charge in [0.15, 0.2) is 0 Å². The molecule has 2 aromatic rings. The zero-order valence-electron chi connectivity index (χ0n) is 15.1. The first-order valence-corrected chi connectivity index (χ1v) is 9.97. The summed E-state index contributed by atoms with van der Waals surface area (Å²) in [6.45, 7) is 1.96. The highest BCUT2D eigenvalue weighted by Crippen LogP contribution is 2.48. The van der Waals surface area contributed by atoms with E-state index < -0.39 is 0 Å². The first kappa shape index (κ1) is 19.2. The number of benzene rings is 2. The van der Waals surface area contributed by atoms with E-state index in [2.05, 4.69) is 0 Å². The fourth-order valence-corrected chi connectivity index (χ4v) is 4.30. The van der Waals surface area contributed by atoms with E-state index in [1.165, 1.54) is 12.1 Å². The molecule has 0 bridgehead atoms. The zero-order chi connectivity index (χ0) is 19.8. The number of hydrogen-bond acceptors (Lipinski definition) is 2. The SMILES string of the molecule is O=C(c1cc(Cl)cc(Cl)c1)N1CCN(C(=O)C2CC2c2ccc(F)cc2)CC1. The lowest BCUT2D eigenvalue weighted by Gasteiger charge is -2.35. The molecule has 1 aliphatic heterocycles. The highest BCUT2D eigenvalue weighted by molar-refractivity contribution is 6.35. The van der Waals surface area contributed by atoms with Gasteiger partial charge in [-0.05, 0) is 48.2 Å². The monoisotopic (exact) mass is 420 g/mol. The Kier molecular flexibility index (Phi) is 5.30. The Morgan fingerprint density at radius 2 is 1.46 bits per heavy atom. The second-order valence-electron chi connectivity index (χ2n) is 7.28. The van der Waals surface area contributed by atoms with Crippen molar-refractivity contribution in [2.45, 2.75) is 12.3 Å². The molecule has 2 unspecified atom stereocenters. The van der Waals surface area contributed by atoms with Gasteiger partial charge < -0.3 is 9.80 Å². The van der Waals surface area contributed by atoms with Gasteiger partial charge in [0.25, 0.3) is 5.91 Å². The van der Waals surface area contributed by atoms with E-state index >= 15 is 0 Å². The van der Waals surface area contributed by atoms with Crippen molar-refractivity contribution in [3.8, 4) is 0 Å². The van der Waals surface area contributed by atoms with Gasteiger partial charge >= 0.3 is 0 Å². The molecule has 0 radical (unpaired) electrons. The van der Waals surface area contributed by atoms with Crippen LogP contribution in [0.25, 0.3) is 0 Å². The molecule has 2 amide bonds. The fourth-order valence-electron chi connectivity index (χ4n) is 3.77. The first-order chi connectivity index (χ1) is 13.4. The second-order valence-corrected chi connectivity index (χ2v) is 8.15. The molecule has 7 heteroatoms. The summed E-state index contributed by atoms with van der Waals surface area (Å²) in [5.41, 5.74) is 1.46. The van der Waals surface area contributed by atoms with E-state index in [0.29, 0.717) is 41.8 Å². The maximum Gasteiger partial charge on any atom is 0.254 e. The van der Waals surface area contributed by atoms with Crippen LogP contribution in [0.2, 0.25) is 10.0 Å². The molecular formula is C21H19Cl2FN2O2. The van der Waals surface area contributed by atoms with Crippen LogP contribution in [0, 0.1) is 11.7 Å². The molecule has 0 spiro atoms. The minimum absolute atomic E-state index is 0.0422. The molecule has 0 aromatic heterocycles. The number of nitrogens with zero attached hydrogens (tertiary/aromatic N) is 2. The summed E-state index contributed by atoms with van der Waals surface area (Å²) in [5.74, 6) is -0.158. The lowest BCUT2D eigenvalue weighted by atomic mass is 10.1. The van der Waals surface area contributed by atoms with Crippen molar-refractivity contribution in [2.75, 3.05) is 26.2 Å². The molecule has 1 saturated heterocycles. The van der Waals surface area contributed by atoms with Gasteiger partial charge in [0.1, 0.15) is 5.82 Å².